The van der Waals surface area contributed by atoms with Gasteiger partial charge in [0, 0.05) is 0 Å². The fourth-order valence-corrected chi connectivity index (χ4v) is 3.39. The highest BCUT2D eigenvalue weighted by molar-refractivity contribution is 5.26. The first-order valence-electron chi connectivity index (χ1n) is 7.50. The molecule has 1 unspecified atom stereocenters. The lowest BCUT2D eigenvalue weighted by atomic mass is 9.77. The van der Waals surface area contributed by atoms with Crippen LogP contribution in [-0.4, -0.2) is 13.6 Å². The molecule has 0 aliphatic heterocycles. The molecule has 100 valence electrons. The zero-order valence-electron chi connectivity index (χ0n) is 11.9. The van der Waals surface area contributed by atoms with Gasteiger partial charge in [-0.2, -0.15) is 0 Å². The molecule has 18 heavy (non-hydrogen) atoms. The third-order valence-electron chi connectivity index (χ3n) is 4.53. The summed E-state index contributed by atoms with van der Waals surface area (Å²) in [6.07, 6.45) is 8.47. The first-order valence-corrected chi connectivity index (χ1v) is 7.50. The molecule has 1 heteroatoms. The number of rotatable bonds is 5. The second kappa shape index (κ2) is 6.94. The highest BCUT2D eigenvalue weighted by Crippen LogP contribution is 2.32. The fourth-order valence-electron chi connectivity index (χ4n) is 3.39. The van der Waals surface area contributed by atoms with Crippen LogP contribution in [0.3, 0.4) is 0 Å². The van der Waals surface area contributed by atoms with Crippen LogP contribution in [0.1, 0.15) is 43.2 Å². The molecule has 1 fully saturated rings. The number of hydrogen-bond donors (Lipinski definition) is 1. The summed E-state index contributed by atoms with van der Waals surface area (Å²) in [7, 11) is 2.09. The highest BCUT2D eigenvalue weighted by Gasteiger charge is 2.23. The van der Waals surface area contributed by atoms with Gasteiger partial charge in [0.2, 0.25) is 0 Å². The minimum Gasteiger partial charge on any atom is -0.319 e. The van der Waals surface area contributed by atoms with Crippen LogP contribution < -0.4 is 5.32 Å². The SMILES string of the molecule is CNCC(Cc1ccccc1C)C1CCCCC1. The summed E-state index contributed by atoms with van der Waals surface area (Å²) in [5, 5.41) is 3.40. The second-order valence-electron chi connectivity index (χ2n) is 5.85. The number of benzene rings is 1. The van der Waals surface area contributed by atoms with Crippen molar-refractivity contribution in [3.8, 4) is 0 Å². The Labute approximate surface area is 112 Å². The van der Waals surface area contributed by atoms with E-state index < -0.39 is 0 Å². The van der Waals surface area contributed by atoms with E-state index in [1.165, 1.54) is 50.6 Å². The molecule has 1 aromatic rings. The predicted molar refractivity (Wildman–Crippen MR) is 78.9 cm³/mol. The average molecular weight is 245 g/mol. The Kier molecular flexibility index (Phi) is 5.25. The summed E-state index contributed by atoms with van der Waals surface area (Å²) in [6.45, 7) is 3.41. The Bertz CT molecular complexity index is 352. The van der Waals surface area contributed by atoms with Crippen LogP contribution >= 0.6 is 0 Å². The maximum Gasteiger partial charge on any atom is -0.00177 e. The van der Waals surface area contributed by atoms with Crippen molar-refractivity contribution < 1.29 is 0 Å². The molecule has 1 aromatic carbocycles. The average Bonchev–Trinajstić information content (AvgIpc) is 2.42. The van der Waals surface area contributed by atoms with Gasteiger partial charge >= 0.3 is 0 Å². The molecule has 0 radical (unpaired) electrons. The molecule has 0 bridgehead atoms. The van der Waals surface area contributed by atoms with Gasteiger partial charge in [-0.3, -0.25) is 0 Å². The standard InChI is InChI=1S/C17H27N/c1-14-8-6-7-11-16(14)12-17(13-18-2)15-9-4-3-5-10-15/h6-8,11,15,17-18H,3-5,9-10,12-13H2,1-2H3. The third kappa shape index (κ3) is 3.58. The van der Waals surface area contributed by atoms with Gasteiger partial charge in [0.15, 0.2) is 0 Å². The van der Waals surface area contributed by atoms with Crippen LogP contribution in [0.5, 0.6) is 0 Å². The lowest BCUT2D eigenvalue weighted by molar-refractivity contribution is 0.242. The molecule has 0 spiro atoms. The van der Waals surface area contributed by atoms with E-state index in [0.29, 0.717) is 0 Å². The maximum atomic E-state index is 3.40. The summed E-state index contributed by atoms with van der Waals surface area (Å²) in [4.78, 5) is 0. The summed E-state index contributed by atoms with van der Waals surface area (Å²) >= 11 is 0. The van der Waals surface area contributed by atoms with Crippen molar-refractivity contribution >= 4 is 0 Å². The van der Waals surface area contributed by atoms with E-state index in [2.05, 4.69) is 43.6 Å². The van der Waals surface area contributed by atoms with Gasteiger partial charge in [-0.1, -0.05) is 56.4 Å². The molecule has 0 saturated heterocycles. The van der Waals surface area contributed by atoms with E-state index in [9.17, 15) is 0 Å². The predicted octanol–water partition coefficient (Wildman–Crippen LogP) is 3.95. The molecule has 1 atom stereocenters. The van der Waals surface area contributed by atoms with Gasteiger partial charge in [-0.05, 0) is 49.9 Å². The zero-order valence-corrected chi connectivity index (χ0v) is 11.9. The van der Waals surface area contributed by atoms with Crippen molar-refractivity contribution in [1.82, 2.24) is 5.32 Å². The lowest BCUT2D eigenvalue weighted by Gasteiger charge is -2.30. The first kappa shape index (κ1) is 13.6. The van der Waals surface area contributed by atoms with Crippen molar-refractivity contribution in [2.45, 2.75) is 45.4 Å². The Hall–Kier alpha value is -0.820. The van der Waals surface area contributed by atoms with Crippen LogP contribution in [-0.2, 0) is 6.42 Å². The van der Waals surface area contributed by atoms with Gasteiger partial charge in [-0.15, -0.1) is 0 Å². The van der Waals surface area contributed by atoms with Crippen LogP contribution in [0, 0.1) is 18.8 Å². The topological polar surface area (TPSA) is 12.0 Å². The third-order valence-corrected chi connectivity index (χ3v) is 4.53. The smallest absolute Gasteiger partial charge is 0.00177 e. The Morgan fingerprint density at radius 1 is 1.17 bits per heavy atom. The van der Waals surface area contributed by atoms with Crippen molar-refractivity contribution in [2.75, 3.05) is 13.6 Å². The van der Waals surface area contributed by atoms with E-state index in [1.807, 2.05) is 0 Å². The Morgan fingerprint density at radius 3 is 2.56 bits per heavy atom. The Balaban J connectivity index is 2.03. The van der Waals surface area contributed by atoms with Crippen LogP contribution in [0.4, 0.5) is 0 Å². The zero-order chi connectivity index (χ0) is 12.8. The van der Waals surface area contributed by atoms with Gasteiger partial charge in [0.25, 0.3) is 0 Å². The molecule has 1 aliphatic rings. The van der Waals surface area contributed by atoms with E-state index in [1.54, 1.807) is 5.56 Å². The van der Waals surface area contributed by atoms with Gasteiger partial charge < -0.3 is 5.32 Å². The molecule has 1 aliphatic carbocycles. The normalized spacial score (nSPS) is 18.8. The summed E-state index contributed by atoms with van der Waals surface area (Å²) in [5.41, 5.74) is 3.00. The Morgan fingerprint density at radius 2 is 1.89 bits per heavy atom. The fraction of sp³-hybridized carbons (Fsp3) is 0.647. The minimum atomic E-state index is 0.816. The van der Waals surface area contributed by atoms with E-state index in [4.69, 9.17) is 0 Å². The first-order chi connectivity index (χ1) is 8.81. The van der Waals surface area contributed by atoms with Crippen molar-refractivity contribution in [1.29, 1.82) is 0 Å². The van der Waals surface area contributed by atoms with Gasteiger partial charge in [0.05, 0.1) is 0 Å². The number of hydrogen-bond acceptors (Lipinski definition) is 1. The quantitative estimate of drug-likeness (QED) is 0.828. The molecule has 1 N–H and O–H groups in total. The lowest BCUT2D eigenvalue weighted by Crippen LogP contribution is -2.29. The summed E-state index contributed by atoms with van der Waals surface area (Å²) in [5.74, 6) is 1.75. The van der Waals surface area contributed by atoms with Crippen LogP contribution in [0.25, 0.3) is 0 Å². The van der Waals surface area contributed by atoms with E-state index in [-0.39, 0.29) is 0 Å². The molecule has 0 aromatic heterocycles. The van der Waals surface area contributed by atoms with Gasteiger partial charge in [-0.25, -0.2) is 0 Å². The monoisotopic (exact) mass is 245 g/mol. The highest BCUT2D eigenvalue weighted by atomic mass is 14.8. The van der Waals surface area contributed by atoms with Crippen LogP contribution in [0.2, 0.25) is 0 Å². The minimum absolute atomic E-state index is 0.816. The number of aryl methyl sites for hydroxylation is 1. The molecule has 1 saturated carbocycles. The molecule has 0 heterocycles. The van der Waals surface area contributed by atoms with Crippen molar-refractivity contribution in [3.63, 3.8) is 0 Å². The van der Waals surface area contributed by atoms with E-state index >= 15 is 0 Å². The second-order valence-corrected chi connectivity index (χ2v) is 5.85. The molecular weight excluding hydrogens is 218 g/mol. The van der Waals surface area contributed by atoms with Gasteiger partial charge in [0.1, 0.15) is 0 Å². The summed E-state index contributed by atoms with van der Waals surface area (Å²) in [6, 6.07) is 8.87. The largest absolute Gasteiger partial charge is 0.319 e. The molecule has 2 rings (SSSR count). The van der Waals surface area contributed by atoms with E-state index in [0.717, 1.165) is 11.8 Å². The van der Waals surface area contributed by atoms with Crippen molar-refractivity contribution in [3.05, 3.63) is 35.4 Å². The maximum absolute atomic E-state index is 3.40. The molecular formula is C17H27N. The number of nitrogens with one attached hydrogen (secondary N) is 1. The van der Waals surface area contributed by atoms with Crippen molar-refractivity contribution in [2.24, 2.45) is 11.8 Å². The van der Waals surface area contributed by atoms with Crippen LogP contribution in [0.15, 0.2) is 24.3 Å². The molecule has 1 nitrogen and oxygen atoms in total. The summed E-state index contributed by atoms with van der Waals surface area (Å²) < 4.78 is 0. The molecule has 0 amide bonds.